The second-order valence-electron chi connectivity index (χ2n) is 7.11. The summed E-state index contributed by atoms with van der Waals surface area (Å²) in [7, 11) is 1.52. The summed E-state index contributed by atoms with van der Waals surface area (Å²) in [6.07, 6.45) is 0. The van der Waals surface area contributed by atoms with Crippen LogP contribution in [-0.2, 0) is 4.74 Å². The van der Waals surface area contributed by atoms with Gasteiger partial charge in [0, 0.05) is 41.9 Å². The number of furan rings is 1. The number of hydrogen-bond donors (Lipinski definition) is 2. The van der Waals surface area contributed by atoms with Crippen molar-refractivity contribution < 1.29 is 18.7 Å². The number of hydrogen-bond acceptors (Lipinski definition) is 4. The van der Waals surface area contributed by atoms with Gasteiger partial charge < -0.3 is 19.8 Å². The molecule has 4 rings (SSSR count). The van der Waals surface area contributed by atoms with Crippen molar-refractivity contribution in [1.29, 1.82) is 0 Å². The maximum atomic E-state index is 12.9. The highest BCUT2D eigenvalue weighted by Crippen LogP contribution is 2.44. The molecule has 1 aromatic heterocycles. The summed E-state index contributed by atoms with van der Waals surface area (Å²) in [6, 6.07) is 9.04. The van der Waals surface area contributed by atoms with E-state index in [4.69, 9.17) is 20.8 Å². The second kappa shape index (κ2) is 7.02. The van der Waals surface area contributed by atoms with Crippen molar-refractivity contribution in [2.45, 2.75) is 18.9 Å². The topological polar surface area (TPSA) is 80.6 Å². The van der Waals surface area contributed by atoms with E-state index in [9.17, 15) is 9.59 Å². The average molecular weight is 389 g/mol. The van der Waals surface area contributed by atoms with Crippen molar-refractivity contribution in [2.24, 2.45) is 11.8 Å². The molecule has 2 aromatic rings. The van der Waals surface area contributed by atoms with Crippen LogP contribution < -0.4 is 10.6 Å². The van der Waals surface area contributed by atoms with Crippen LogP contribution in [0, 0.1) is 11.8 Å². The molecule has 2 heterocycles. The van der Waals surface area contributed by atoms with Gasteiger partial charge in [0.25, 0.3) is 11.8 Å². The lowest BCUT2D eigenvalue weighted by molar-refractivity contribution is 0.0919. The highest BCUT2D eigenvalue weighted by atomic mass is 35.5. The monoisotopic (exact) mass is 388 g/mol. The number of halogens is 1. The Morgan fingerprint density at radius 3 is 2.59 bits per heavy atom. The smallest absolute Gasteiger partial charge is 0.286 e. The van der Waals surface area contributed by atoms with Crippen molar-refractivity contribution in [1.82, 2.24) is 10.6 Å². The van der Waals surface area contributed by atoms with Gasteiger partial charge in [-0.15, -0.1) is 0 Å². The van der Waals surface area contributed by atoms with Gasteiger partial charge in [-0.2, -0.15) is 0 Å². The third kappa shape index (κ3) is 3.35. The average Bonchev–Trinajstić information content (AvgIpc) is 3.07. The highest BCUT2D eigenvalue weighted by Gasteiger charge is 2.55. The molecule has 1 aliphatic heterocycles. The zero-order valence-corrected chi connectivity index (χ0v) is 15.9. The number of benzene rings is 1. The predicted molar refractivity (Wildman–Crippen MR) is 100 cm³/mol. The minimum Gasteiger partial charge on any atom is -0.454 e. The molecule has 1 unspecified atom stereocenters. The molecule has 27 heavy (non-hydrogen) atoms. The van der Waals surface area contributed by atoms with E-state index in [1.165, 1.54) is 13.1 Å². The van der Waals surface area contributed by atoms with E-state index in [1.54, 1.807) is 6.07 Å². The zero-order chi connectivity index (χ0) is 19.1. The van der Waals surface area contributed by atoms with E-state index in [-0.39, 0.29) is 29.5 Å². The standard InChI is InChI=1S/C20H21ClN2O4/c1-10(11-4-3-5-12(21)6-11)18-13(7-16(27-18)20(25)22-2)19(24)23-17-14-8-26-9-15(14)17/h3-7,10,14-15,17H,8-9H2,1-2H3,(H,22,25)(H,23,24)/t10-,14-,15+,17?/m1/s1. The maximum Gasteiger partial charge on any atom is 0.286 e. The number of carbonyl (C=O) groups is 2. The zero-order valence-electron chi connectivity index (χ0n) is 15.1. The Kier molecular flexibility index (Phi) is 4.70. The van der Waals surface area contributed by atoms with Crippen molar-refractivity contribution in [3.05, 3.63) is 58.0 Å². The number of fused-ring (bicyclic) bond motifs is 1. The maximum absolute atomic E-state index is 12.9. The summed E-state index contributed by atoms with van der Waals surface area (Å²) in [5.74, 6) is 0.537. The molecule has 1 aliphatic carbocycles. The molecule has 0 radical (unpaired) electrons. The van der Waals surface area contributed by atoms with E-state index in [0.717, 1.165) is 5.56 Å². The van der Waals surface area contributed by atoms with Crippen LogP contribution in [0.25, 0.3) is 0 Å². The van der Waals surface area contributed by atoms with Crippen molar-refractivity contribution >= 4 is 23.4 Å². The van der Waals surface area contributed by atoms with Gasteiger partial charge in [0.15, 0.2) is 5.76 Å². The summed E-state index contributed by atoms with van der Waals surface area (Å²) in [6.45, 7) is 3.31. The fraction of sp³-hybridized carbons (Fsp3) is 0.400. The molecule has 1 aromatic carbocycles. The first kappa shape index (κ1) is 18.1. The number of nitrogens with one attached hydrogen (secondary N) is 2. The predicted octanol–water partition coefficient (Wildman–Crippen LogP) is 2.82. The Morgan fingerprint density at radius 2 is 1.93 bits per heavy atom. The lowest BCUT2D eigenvalue weighted by atomic mass is 9.96. The molecule has 4 atom stereocenters. The highest BCUT2D eigenvalue weighted by molar-refractivity contribution is 6.30. The first-order valence-corrected chi connectivity index (χ1v) is 9.37. The van der Waals surface area contributed by atoms with E-state index in [0.29, 0.717) is 41.4 Å². The van der Waals surface area contributed by atoms with Gasteiger partial charge in [-0.05, 0) is 17.7 Å². The van der Waals surface area contributed by atoms with Gasteiger partial charge in [-0.3, -0.25) is 9.59 Å². The lowest BCUT2D eigenvalue weighted by Gasteiger charge is -2.13. The van der Waals surface area contributed by atoms with Crippen molar-refractivity contribution in [2.75, 3.05) is 20.3 Å². The normalized spacial score (nSPS) is 24.2. The van der Waals surface area contributed by atoms with Crippen LogP contribution in [0.5, 0.6) is 0 Å². The van der Waals surface area contributed by atoms with Gasteiger partial charge in [0.1, 0.15) is 5.76 Å². The lowest BCUT2D eigenvalue weighted by Crippen LogP contribution is -2.30. The van der Waals surface area contributed by atoms with E-state index >= 15 is 0 Å². The minimum atomic E-state index is -0.370. The largest absolute Gasteiger partial charge is 0.454 e. The Labute approximate surface area is 162 Å². The molecule has 142 valence electrons. The van der Waals surface area contributed by atoms with Gasteiger partial charge in [0.2, 0.25) is 0 Å². The molecule has 1 saturated heterocycles. The first-order chi connectivity index (χ1) is 13.0. The van der Waals surface area contributed by atoms with Crippen LogP contribution in [0.3, 0.4) is 0 Å². The van der Waals surface area contributed by atoms with E-state index in [1.807, 2.05) is 25.1 Å². The molecular weight excluding hydrogens is 368 g/mol. The van der Waals surface area contributed by atoms with Crippen LogP contribution in [0.4, 0.5) is 0 Å². The molecular formula is C20H21ClN2O4. The summed E-state index contributed by atoms with van der Waals surface area (Å²) >= 11 is 6.10. The number of rotatable bonds is 5. The molecule has 2 fully saturated rings. The Balaban J connectivity index is 1.63. The van der Waals surface area contributed by atoms with Crippen LogP contribution in [0.2, 0.25) is 5.02 Å². The second-order valence-corrected chi connectivity index (χ2v) is 7.55. The van der Waals surface area contributed by atoms with Crippen LogP contribution in [0.1, 0.15) is 45.1 Å². The fourth-order valence-electron chi connectivity index (χ4n) is 3.75. The quantitative estimate of drug-likeness (QED) is 0.825. The van der Waals surface area contributed by atoms with Crippen LogP contribution in [0.15, 0.2) is 34.7 Å². The van der Waals surface area contributed by atoms with Crippen molar-refractivity contribution in [3.8, 4) is 0 Å². The summed E-state index contributed by atoms with van der Waals surface area (Å²) in [5.41, 5.74) is 1.29. The van der Waals surface area contributed by atoms with Crippen LogP contribution in [-0.4, -0.2) is 38.1 Å². The molecule has 1 saturated carbocycles. The van der Waals surface area contributed by atoms with Gasteiger partial charge >= 0.3 is 0 Å². The molecule has 6 nitrogen and oxygen atoms in total. The number of amides is 2. The molecule has 7 heteroatoms. The Hall–Kier alpha value is -2.31. The van der Waals surface area contributed by atoms with Gasteiger partial charge in [-0.25, -0.2) is 0 Å². The third-order valence-corrected chi connectivity index (χ3v) is 5.68. The Bertz CT molecular complexity index is 884. The third-order valence-electron chi connectivity index (χ3n) is 5.45. The van der Waals surface area contributed by atoms with Gasteiger partial charge in [-0.1, -0.05) is 30.7 Å². The molecule has 2 amide bonds. The van der Waals surface area contributed by atoms with Gasteiger partial charge in [0.05, 0.1) is 18.8 Å². The minimum absolute atomic E-state index is 0.117. The first-order valence-electron chi connectivity index (χ1n) is 8.99. The van der Waals surface area contributed by atoms with Crippen LogP contribution >= 0.6 is 11.6 Å². The summed E-state index contributed by atoms with van der Waals surface area (Å²) in [5, 5.41) is 6.20. The molecule has 2 N–H and O–H groups in total. The van der Waals surface area contributed by atoms with E-state index < -0.39 is 0 Å². The SMILES string of the molecule is CNC(=O)c1cc(C(=O)NC2[C@H]3COC[C@@H]23)c([C@H](C)c2cccc(Cl)c2)o1. The molecule has 0 bridgehead atoms. The van der Waals surface area contributed by atoms with E-state index in [2.05, 4.69) is 10.6 Å². The Morgan fingerprint density at radius 1 is 1.19 bits per heavy atom. The number of carbonyl (C=O) groups excluding carboxylic acids is 2. The molecule has 0 spiro atoms. The summed E-state index contributed by atoms with van der Waals surface area (Å²) < 4.78 is 11.2. The fourth-order valence-corrected chi connectivity index (χ4v) is 3.95. The van der Waals surface area contributed by atoms with Crippen molar-refractivity contribution in [3.63, 3.8) is 0 Å². The number of ether oxygens (including phenoxy) is 1. The molecule has 2 aliphatic rings. The summed E-state index contributed by atoms with van der Waals surface area (Å²) in [4.78, 5) is 24.9.